The molecule has 1 nitrogen and oxygen atoms in total. The van der Waals surface area contributed by atoms with E-state index in [0.29, 0.717) is 5.75 Å². The van der Waals surface area contributed by atoms with Gasteiger partial charge in [0.1, 0.15) is 5.75 Å². The summed E-state index contributed by atoms with van der Waals surface area (Å²) in [7, 11) is 0. The van der Waals surface area contributed by atoms with Gasteiger partial charge in [0.25, 0.3) is 0 Å². The number of aromatic hydroxyl groups is 1. The first-order chi connectivity index (χ1) is 10.3. The summed E-state index contributed by atoms with van der Waals surface area (Å²) in [6.45, 7) is 8.27. The second-order valence-electron chi connectivity index (χ2n) is 5.56. The molecule has 0 fully saturated rings. The van der Waals surface area contributed by atoms with E-state index in [0.717, 1.165) is 12.0 Å². The molecule has 1 N–H and O–H groups in total. The van der Waals surface area contributed by atoms with Gasteiger partial charge in [0.2, 0.25) is 0 Å². The molecule has 0 atom stereocenters. The Labute approximate surface area is 132 Å². The molecule has 0 unspecified atom stereocenters. The molecule has 120 valence electrons. The van der Waals surface area contributed by atoms with Gasteiger partial charge < -0.3 is 5.11 Å². The Bertz CT molecular complexity index is 332. The summed E-state index contributed by atoms with van der Waals surface area (Å²) < 4.78 is 0. The van der Waals surface area contributed by atoms with E-state index in [9.17, 15) is 5.11 Å². The van der Waals surface area contributed by atoms with E-state index in [1.807, 2.05) is 18.2 Å². The molecular weight excluding hydrogens is 256 g/mol. The van der Waals surface area contributed by atoms with Crippen molar-refractivity contribution in [2.24, 2.45) is 0 Å². The van der Waals surface area contributed by atoms with E-state index in [-0.39, 0.29) is 0 Å². The molecule has 0 aliphatic heterocycles. The Morgan fingerprint density at radius 1 is 0.762 bits per heavy atom. The van der Waals surface area contributed by atoms with Gasteiger partial charge in [-0.25, -0.2) is 0 Å². The van der Waals surface area contributed by atoms with Crippen molar-refractivity contribution in [3.8, 4) is 5.75 Å². The van der Waals surface area contributed by atoms with Crippen molar-refractivity contribution in [3.05, 3.63) is 43.0 Å². The van der Waals surface area contributed by atoms with Crippen LogP contribution < -0.4 is 0 Å². The van der Waals surface area contributed by atoms with Gasteiger partial charge in [-0.15, -0.1) is 13.2 Å². The number of rotatable bonds is 11. The first-order valence-electron chi connectivity index (χ1n) is 8.61. The smallest absolute Gasteiger partial charge is 0.118 e. The normalized spacial score (nSPS) is 9.95. The lowest BCUT2D eigenvalue weighted by molar-refractivity contribution is 0.466. The lowest BCUT2D eigenvalue weighted by Gasteiger charge is -2.04. The highest BCUT2D eigenvalue weighted by atomic mass is 16.3. The standard InChI is InChI=1S/C18H30O.C2H4/c1-2-3-4-5-6-7-8-9-10-11-14-17-15-12-13-16-18(17)19;1-2/h12-13,15-16,19H,2-11,14H2,1H3;1-2H2. The zero-order valence-electron chi connectivity index (χ0n) is 13.9. The van der Waals surface area contributed by atoms with Crippen LogP contribution in [0.5, 0.6) is 5.75 Å². The second kappa shape index (κ2) is 15.2. The fraction of sp³-hybridized carbons (Fsp3) is 0.600. The molecule has 1 rings (SSSR count). The first-order valence-corrected chi connectivity index (χ1v) is 8.61. The Kier molecular flexibility index (Phi) is 14.3. The van der Waals surface area contributed by atoms with Crippen LogP contribution in [0.1, 0.15) is 76.7 Å². The summed E-state index contributed by atoms with van der Waals surface area (Å²) in [6.07, 6.45) is 14.6. The lowest BCUT2D eigenvalue weighted by atomic mass is 10.0. The van der Waals surface area contributed by atoms with E-state index in [1.165, 1.54) is 64.2 Å². The van der Waals surface area contributed by atoms with Gasteiger partial charge in [0.05, 0.1) is 0 Å². The molecule has 0 spiro atoms. The number of hydrogen-bond acceptors (Lipinski definition) is 1. The van der Waals surface area contributed by atoms with Crippen LogP contribution >= 0.6 is 0 Å². The van der Waals surface area contributed by atoms with Crippen molar-refractivity contribution in [3.63, 3.8) is 0 Å². The number of hydrogen-bond donors (Lipinski definition) is 1. The summed E-state index contributed by atoms with van der Waals surface area (Å²) in [4.78, 5) is 0. The fourth-order valence-electron chi connectivity index (χ4n) is 2.53. The number of unbranched alkanes of at least 4 members (excludes halogenated alkanes) is 9. The van der Waals surface area contributed by atoms with Crippen LogP contribution in [0, 0.1) is 0 Å². The SMILES string of the molecule is C=C.CCCCCCCCCCCCc1ccccc1O. The largest absolute Gasteiger partial charge is 0.508 e. The number of phenolic OH excluding ortho intramolecular Hbond substituents is 1. The third-order valence-corrected chi connectivity index (χ3v) is 3.79. The van der Waals surface area contributed by atoms with Gasteiger partial charge in [0, 0.05) is 0 Å². The quantitative estimate of drug-likeness (QED) is 0.357. The van der Waals surface area contributed by atoms with Crippen LogP contribution in [0.4, 0.5) is 0 Å². The number of benzene rings is 1. The van der Waals surface area contributed by atoms with E-state index >= 15 is 0 Å². The molecule has 1 aromatic rings. The molecule has 1 aromatic carbocycles. The van der Waals surface area contributed by atoms with Crippen LogP contribution in [0.25, 0.3) is 0 Å². The van der Waals surface area contributed by atoms with Gasteiger partial charge in [0.15, 0.2) is 0 Å². The van der Waals surface area contributed by atoms with E-state index < -0.39 is 0 Å². The van der Waals surface area contributed by atoms with Crippen LogP contribution in [-0.2, 0) is 6.42 Å². The first kappa shape index (κ1) is 19.8. The zero-order chi connectivity index (χ0) is 15.8. The second-order valence-corrected chi connectivity index (χ2v) is 5.56. The summed E-state index contributed by atoms with van der Waals surface area (Å²) >= 11 is 0. The van der Waals surface area contributed by atoms with Crippen LogP contribution in [-0.4, -0.2) is 5.11 Å². The molecule has 0 heterocycles. The molecule has 0 aliphatic rings. The minimum atomic E-state index is 0.457. The minimum absolute atomic E-state index is 0.457. The molecule has 21 heavy (non-hydrogen) atoms. The Balaban J connectivity index is 0.00000191. The molecule has 1 heteroatoms. The van der Waals surface area contributed by atoms with Crippen LogP contribution in [0.2, 0.25) is 0 Å². The van der Waals surface area contributed by atoms with Crippen molar-refractivity contribution < 1.29 is 5.11 Å². The van der Waals surface area contributed by atoms with Gasteiger partial charge in [-0.2, -0.15) is 0 Å². The number of phenols is 1. The molecule has 0 saturated carbocycles. The maximum absolute atomic E-state index is 9.65. The Hall–Kier alpha value is -1.24. The average Bonchev–Trinajstić information content (AvgIpc) is 2.53. The molecule has 0 aliphatic carbocycles. The monoisotopic (exact) mass is 290 g/mol. The van der Waals surface area contributed by atoms with E-state index in [1.54, 1.807) is 6.07 Å². The number of para-hydroxylation sites is 1. The van der Waals surface area contributed by atoms with Crippen molar-refractivity contribution >= 4 is 0 Å². The maximum Gasteiger partial charge on any atom is 0.118 e. The minimum Gasteiger partial charge on any atom is -0.508 e. The highest BCUT2D eigenvalue weighted by Gasteiger charge is 1.99. The molecule has 0 radical (unpaired) electrons. The Morgan fingerprint density at radius 2 is 1.24 bits per heavy atom. The molecule has 0 saturated heterocycles. The topological polar surface area (TPSA) is 20.2 Å². The zero-order valence-corrected chi connectivity index (χ0v) is 13.9. The Morgan fingerprint density at radius 3 is 1.76 bits per heavy atom. The molecule has 0 aromatic heterocycles. The third kappa shape index (κ3) is 11.1. The molecular formula is C20H34O. The third-order valence-electron chi connectivity index (χ3n) is 3.79. The highest BCUT2D eigenvalue weighted by molar-refractivity contribution is 5.31. The summed E-state index contributed by atoms with van der Waals surface area (Å²) in [5, 5.41) is 9.65. The fourth-order valence-corrected chi connectivity index (χ4v) is 2.53. The number of aryl methyl sites for hydroxylation is 1. The van der Waals surface area contributed by atoms with Crippen molar-refractivity contribution in [2.75, 3.05) is 0 Å². The van der Waals surface area contributed by atoms with E-state index in [4.69, 9.17) is 0 Å². The van der Waals surface area contributed by atoms with Crippen molar-refractivity contribution in [1.82, 2.24) is 0 Å². The molecule has 0 bridgehead atoms. The lowest BCUT2D eigenvalue weighted by Crippen LogP contribution is -1.87. The van der Waals surface area contributed by atoms with Crippen LogP contribution in [0.3, 0.4) is 0 Å². The van der Waals surface area contributed by atoms with Gasteiger partial charge >= 0.3 is 0 Å². The summed E-state index contributed by atoms with van der Waals surface area (Å²) in [6, 6.07) is 7.71. The summed E-state index contributed by atoms with van der Waals surface area (Å²) in [5.41, 5.74) is 1.10. The maximum atomic E-state index is 9.65. The van der Waals surface area contributed by atoms with Gasteiger partial charge in [-0.3, -0.25) is 0 Å². The van der Waals surface area contributed by atoms with Crippen LogP contribution in [0.15, 0.2) is 37.4 Å². The predicted molar refractivity (Wildman–Crippen MR) is 94.9 cm³/mol. The molecule has 0 amide bonds. The predicted octanol–water partition coefficient (Wildman–Crippen LogP) is 6.66. The van der Waals surface area contributed by atoms with E-state index in [2.05, 4.69) is 20.1 Å². The highest BCUT2D eigenvalue weighted by Crippen LogP contribution is 2.19. The summed E-state index contributed by atoms with van der Waals surface area (Å²) in [5.74, 6) is 0.457. The van der Waals surface area contributed by atoms with Gasteiger partial charge in [-0.05, 0) is 24.5 Å². The van der Waals surface area contributed by atoms with Crippen molar-refractivity contribution in [1.29, 1.82) is 0 Å². The average molecular weight is 290 g/mol. The van der Waals surface area contributed by atoms with Gasteiger partial charge in [-0.1, -0.05) is 82.9 Å². The van der Waals surface area contributed by atoms with Crippen molar-refractivity contribution in [2.45, 2.75) is 77.6 Å².